The van der Waals surface area contributed by atoms with Gasteiger partial charge in [0.25, 0.3) is 5.56 Å². The highest BCUT2D eigenvalue weighted by Gasteiger charge is 2.14. The number of benzene rings is 2. The summed E-state index contributed by atoms with van der Waals surface area (Å²) in [6.07, 6.45) is 2.28. The van der Waals surface area contributed by atoms with Crippen LogP contribution in [0.1, 0.15) is 5.56 Å². The molecule has 1 heterocycles. The fraction of sp³-hybridized carbons (Fsp3) is 0.143. The van der Waals surface area contributed by atoms with Crippen LogP contribution < -0.4 is 10.9 Å². The van der Waals surface area contributed by atoms with Gasteiger partial charge in [0.15, 0.2) is 0 Å². The number of carbonyl (C=O) groups excluding carboxylic acids is 2. The molecule has 0 aliphatic rings. The minimum absolute atomic E-state index is 0.0444. The lowest BCUT2D eigenvalue weighted by Crippen LogP contribution is -2.21. The largest absolute Gasteiger partial charge is 0.466 e. The molecule has 30 heavy (non-hydrogen) atoms. The number of esters is 2. The molecule has 0 saturated heterocycles. The second-order valence-electron chi connectivity index (χ2n) is 6.20. The number of hydrogen-bond acceptors (Lipinski definition) is 7. The van der Waals surface area contributed by atoms with E-state index < -0.39 is 17.8 Å². The number of halogens is 1. The predicted molar refractivity (Wildman–Crippen MR) is 107 cm³/mol. The number of methoxy groups -OCH3 is 2. The summed E-state index contributed by atoms with van der Waals surface area (Å²) in [5, 5.41) is 3.07. The summed E-state index contributed by atoms with van der Waals surface area (Å²) in [6.45, 7) is 0.0444. The van der Waals surface area contributed by atoms with Crippen LogP contribution in [0.15, 0.2) is 65.4 Å². The van der Waals surface area contributed by atoms with Crippen molar-refractivity contribution in [2.45, 2.75) is 6.54 Å². The number of nitrogens with zero attached hydrogens (tertiary/aromatic N) is 2. The molecule has 2 aromatic carbocycles. The number of hydrogen-bond donors (Lipinski definition) is 1. The highest BCUT2D eigenvalue weighted by atomic mass is 19.1. The van der Waals surface area contributed by atoms with E-state index in [1.54, 1.807) is 24.3 Å². The van der Waals surface area contributed by atoms with Crippen LogP contribution in [-0.4, -0.2) is 35.7 Å². The second-order valence-corrected chi connectivity index (χ2v) is 6.20. The number of fused-ring (bicyclic) bond motifs is 1. The molecule has 0 atom stereocenters. The molecule has 3 rings (SSSR count). The first-order chi connectivity index (χ1) is 14.4. The standard InChI is InChI=1S/C21H18FN3O5/c1-29-19(26)10-18(21(28)30-2)24-14-7-8-15-17(9-14)23-12-25(20(15)27)11-13-5-3-4-6-16(13)22/h3-10,12,24H,11H2,1-2H3/b18-10+. The molecule has 9 heteroatoms. The monoisotopic (exact) mass is 411 g/mol. The highest BCUT2D eigenvalue weighted by molar-refractivity contribution is 5.99. The van der Waals surface area contributed by atoms with E-state index in [4.69, 9.17) is 0 Å². The number of anilines is 1. The molecule has 1 aromatic heterocycles. The summed E-state index contributed by atoms with van der Waals surface area (Å²) in [4.78, 5) is 40.3. The van der Waals surface area contributed by atoms with Crippen molar-refractivity contribution in [2.24, 2.45) is 0 Å². The zero-order valence-corrected chi connectivity index (χ0v) is 16.2. The first-order valence-corrected chi connectivity index (χ1v) is 8.80. The first-order valence-electron chi connectivity index (χ1n) is 8.80. The summed E-state index contributed by atoms with van der Waals surface area (Å²) in [5.41, 5.74) is 0.651. The molecule has 0 fully saturated rings. The molecule has 1 N–H and O–H groups in total. The van der Waals surface area contributed by atoms with Gasteiger partial charge in [0.1, 0.15) is 11.5 Å². The van der Waals surface area contributed by atoms with Crippen LogP contribution in [0, 0.1) is 5.82 Å². The third-order valence-electron chi connectivity index (χ3n) is 4.27. The van der Waals surface area contributed by atoms with Gasteiger partial charge in [-0.2, -0.15) is 0 Å². The number of ether oxygens (including phenoxy) is 2. The van der Waals surface area contributed by atoms with Crippen LogP contribution in [0.4, 0.5) is 10.1 Å². The van der Waals surface area contributed by atoms with Gasteiger partial charge in [0, 0.05) is 11.3 Å². The minimum atomic E-state index is -0.770. The topological polar surface area (TPSA) is 99.5 Å². The summed E-state index contributed by atoms with van der Waals surface area (Å²) in [7, 11) is 2.36. The van der Waals surface area contributed by atoms with Gasteiger partial charge in [-0.1, -0.05) is 18.2 Å². The number of nitrogens with one attached hydrogen (secondary N) is 1. The second kappa shape index (κ2) is 8.99. The Kier molecular flexibility index (Phi) is 6.21. The first kappa shape index (κ1) is 20.7. The maximum absolute atomic E-state index is 13.9. The number of carbonyl (C=O) groups is 2. The summed E-state index contributed by atoms with van der Waals surface area (Å²) < 4.78 is 24.4. The summed E-state index contributed by atoms with van der Waals surface area (Å²) in [5.74, 6) is -1.91. The average Bonchev–Trinajstić information content (AvgIpc) is 2.76. The van der Waals surface area contributed by atoms with Crippen molar-refractivity contribution < 1.29 is 23.5 Å². The Labute approximate surface area is 170 Å². The van der Waals surface area contributed by atoms with Crippen molar-refractivity contribution in [3.63, 3.8) is 0 Å². The minimum Gasteiger partial charge on any atom is -0.466 e. The van der Waals surface area contributed by atoms with Crippen molar-refractivity contribution in [1.82, 2.24) is 9.55 Å². The lowest BCUT2D eigenvalue weighted by atomic mass is 10.2. The Hall–Kier alpha value is -4.01. The van der Waals surface area contributed by atoms with Crippen molar-refractivity contribution in [3.8, 4) is 0 Å². The van der Waals surface area contributed by atoms with E-state index in [1.807, 2.05) is 0 Å². The molecular weight excluding hydrogens is 393 g/mol. The maximum atomic E-state index is 13.9. The average molecular weight is 411 g/mol. The van der Waals surface area contributed by atoms with Crippen LogP contribution in [0.2, 0.25) is 0 Å². The van der Waals surface area contributed by atoms with E-state index in [2.05, 4.69) is 19.8 Å². The Morgan fingerprint density at radius 1 is 1.17 bits per heavy atom. The van der Waals surface area contributed by atoms with E-state index in [0.29, 0.717) is 22.2 Å². The molecular formula is C21H18FN3O5. The molecule has 0 aliphatic heterocycles. The smallest absolute Gasteiger partial charge is 0.354 e. The molecule has 0 aliphatic carbocycles. The summed E-state index contributed by atoms with van der Waals surface area (Å²) >= 11 is 0. The van der Waals surface area contributed by atoms with E-state index >= 15 is 0 Å². The number of rotatable bonds is 6. The lowest BCUT2D eigenvalue weighted by Gasteiger charge is -2.11. The third kappa shape index (κ3) is 4.52. The molecule has 3 aromatic rings. The van der Waals surface area contributed by atoms with Gasteiger partial charge < -0.3 is 14.8 Å². The number of aromatic nitrogens is 2. The van der Waals surface area contributed by atoms with Crippen LogP contribution in [0.3, 0.4) is 0 Å². The van der Waals surface area contributed by atoms with Crippen LogP contribution >= 0.6 is 0 Å². The molecule has 154 valence electrons. The van der Waals surface area contributed by atoms with Crippen LogP contribution in [0.5, 0.6) is 0 Å². The SMILES string of the molecule is COC(=O)/C=C(/Nc1ccc2c(=O)n(Cc3ccccc3F)cnc2c1)C(=O)OC. The highest BCUT2D eigenvalue weighted by Crippen LogP contribution is 2.17. The van der Waals surface area contributed by atoms with Gasteiger partial charge in [-0.15, -0.1) is 0 Å². The zero-order chi connectivity index (χ0) is 21.7. The molecule has 0 unspecified atom stereocenters. The van der Waals surface area contributed by atoms with Gasteiger partial charge in [0.05, 0.1) is 44.1 Å². The van der Waals surface area contributed by atoms with Gasteiger partial charge in [-0.3, -0.25) is 9.36 Å². The van der Waals surface area contributed by atoms with E-state index in [9.17, 15) is 18.8 Å². The van der Waals surface area contributed by atoms with E-state index in [-0.39, 0.29) is 17.8 Å². The zero-order valence-electron chi connectivity index (χ0n) is 16.2. The van der Waals surface area contributed by atoms with Crippen LogP contribution in [-0.2, 0) is 25.6 Å². The Morgan fingerprint density at radius 2 is 1.93 bits per heavy atom. The predicted octanol–water partition coefficient (Wildman–Crippen LogP) is 2.23. The van der Waals surface area contributed by atoms with Crippen molar-refractivity contribution in [1.29, 1.82) is 0 Å². The maximum Gasteiger partial charge on any atom is 0.354 e. The molecule has 0 spiro atoms. The van der Waals surface area contributed by atoms with Crippen molar-refractivity contribution in [2.75, 3.05) is 19.5 Å². The van der Waals surface area contributed by atoms with Gasteiger partial charge >= 0.3 is 11.9 Å². The Morgan fingerprint density at radius 3 is 2.63 bits per heavy atom. The third-order valence-corrected chi connectivity index (χ3v) is 4.27. The normalized spacial score (nSPS) is 11.2. The van der Waals surface area contributed by atoms with Crippen LogP contribution in [0.25, 0.3) is 10.9 Å². The molecule has 0 bridgehead atoms. The van der Waals surface area contributed by atoms with E-state index in [0.717, 1.165) is 6.08 Å². The van der Waals surface area contributed by atoms with Gasteiger partial charge in [-0.05, 0) is 24.3 Å². The van der Waals surface area contributed by atoms with Gasteiger partial charge in [0.2, 0.25) is 0 Å². The molecule has 0 radical (unpaired) electrons. The van der Waals surface area contributed by atoms with Crippen molar-refractivity contribution >= 4 is 28.5 Å². The fourth-order valence-corrected chi connectivity index (χ4v) is 2.75. The quantitative estimate of drug-likeness (QED) is 0.490. The Bertz CT molecular complexity index is 1200. The van der Waals surface area contributed by atoms with Gasteiger partial charge in [-0.25, -0.2) is 19.0 Å². The molecule has 8 nitrogen and oxygen atoms in total. The Balaban J connectivity index is 1.93. The van der Waals surface area contributed by atoms with Crippen molar-refractivity contribution in [3.05, 3.63) is 82.3 Å². The molecule has 0 amide bonds. The van der Waals surface area contributed by atoms with E-state index in [1.165, 1.54) is 43.3 Å². The summed E-state index contributed by atoms with van der Waals surface area (Å²) in [6, 6.07) is 10.8. The molecule has 0 saturated carbocycles. The fourth-order valence-electron chi connectivity index (χ4n) is 2.75. The lowest BCUT2D eigenvalue weighted by molar-refractivity contribution is -0.138.